The standard InChI is InChI=1S/C12H14BrNO3/c1-16-11(15)12(5-7-17-8-6-12)9-3-2-4-10(13)14-9/h2-4H,5-8H2,1H3. The van der Waals surface area contributed by atoms with Gasteiger partial charge in [0, 0.05) is 13.2 Å². The maximum Gasteiger partial charge on any atom is 0.318 e. The summed E-state index contributed by atoms with van der Waals surface area (Å²) in [6, 6.07) is 5.59. The number of methoxy groups -OCH3 is 1. The summed E-state index contributed by atoms with van der Waals surface area (Å²) in [5.41, 5.74) is 0.0959. The summed E-state index contributed by atoms with van der Waals surface area (Å²) < 4.78 is 11.0. The number of hydrogen-bond acceptors (Lipinski definition) is 4. The molecule has 0 spiro atoms. The number of aromatic nitrogens is 1. The predicted molar refractivity (Wildman–Crippen MR) is 65.7 cm³/mol. The lowest BCUT2D eigenvalue weighted by atomic mass is 9.77. The molecule has 0 amide bonds. The number of carbonyl (C=O) groups excluding carboxylic acids is 1. The Kier molecular flexibility index (Phi) is 3.79. The Labute approximate surface area is 108 Å². The molecule has 2 rings (SSSR count). The van der Waals surface area contributed by atoms with Crippen molar-refractivity contribution in [2.75, 3.05) is 20.3 Å². The van der Waals surface area contributed by atoms with Gasteiger partial charge >= 0.3 is 5.97 Å². The van der Waals surface area contributed by atoms with E-state index in [1.54, 1.807) is 0 Å². The third kappa shape index (κ3) is 2.35. The van der Waals surface area contributed by atoms with Crippen LogP contribution in [0, 0.1) is 0 Å². The summed E-state index contributed by atoms with van der Waals surface area (Å²) in [6.45, 7) is 1.12. The van der Waals surface area contributed by atoms with E-state index in [4.69, 9.17) is 9.47 Å². The largest absolute Gasteiger partial charge is 0.468 e. The Morgan fingerprint density at radius 3 is 2.76 bits per heavy atom. The average Bonchev–Trinajstić information content (AvgIpc) is 2.38. The molecule has 0 N–H and O–H groups in total. The van der Waals surface area contributed by atoms with Crippen LogP contribution in [0.3, 0.4) is 0 Å². The van der Waals surface area contributed by atoms with Gasteiger partial charge in [-0.3, -0.25) is 4.79 Å². The lowest BCUT2D eigenvalue weighted by Gasteiger charge is -2.33. The van der Waals surface area contributed by atoms with Gasteiger partial charge in [-0.05, 0) is 40.9 Å². The van der Waals surface area contributed by atoms with Gasteiger partial charge < -0.3 is 9.47 Å². The minimum atomic E-state index is -0.656. The van der Waals surface area contributed by atoms with Gasteiger partial charge in [0.2, 0.25) is 0 Å². The van der Waals surface area contributed by atoms with Gasteiger partial charge in [-0.1, -0.05) is 6.07 Å². The Bertz CT molecular complexity index is 416. The van der Waals surface area contributed by atoms with Crippen LogP contribution in [-0.4, -0.2) is 31.3 Å². The van der Waals surface area contributed by atoms with Crippen molar-refractivity contribution in [3.63, 3.8) is 0 Å². The second-order valence-electron chi connectivity index (χ2n) is 4.03. The minimum absolute atomic E-state index is 0.230. The smallest absolute Gasteiger partial charge is 0.318 e. The molecule has 0 aromatic carbocycles. The Morgan fingerprint density at radius 2 is 2.18 bits per heavy atom. The Hall–Kier alpha value is -0.940. The molecule has 5 heteroatoms. The molecule has 0 atom stereocenters. The van der Waals surface area contributed by atoms with Crippen molar-refractivity contribution < 1.29 is 14.3 Å². The fraction of sp³-hybridized carbons (Fsp3) is 0.500. The first-order chi connectivity index (χ1) is 8.19. The number of nitrogens with zero attached hydrogens (tertiary/aromatic N) is 1. The third-order valence-electron chi connectivity index (χ3n) is 3.13. The zero-order chi connectivity index (χ0) is 12.3. The van der Waals surface area contributed by atoms with Gasteiger partial charge in [-0.2, -0.15) is 0 Å². The summed E-state index contributed by atoms with van der Waals surface area (Å²) in [5, 5.41) is 0. The number of hydrogen-bond donors (Lipinski definition) is 0. The molecule has 0 bridgehead atoms. The van der Waals surface area contributed by atoms with E-state index in [0.29, 0.717) is 26.1 Å². The van der Waals surface area contributed by atoms with Gasteiger partial charge in [0.1, 0.15) is 10.0 Å². The van der Waals surface area contributed by atoms with Crippen LogP contribution in [0.5, 0.6) is 0 Å². The second-order valence-corrected chi connectivity index (χ2v) is 4.84. The van der Waals surface area contributed by atoms with Crippen LogP contribution in [0.25, 0.3) is 0 Å². The fourth-order valence-electron chi connectivity index (χ4n) is 2.15. The Balaban J connectivity index is 2.42. The van der Waals surface area contributed by atoms with Gasteiger partial charge in [0.25, 0.3) is 0 Å². The van der Waals surface area contributed by atoms with Crippen molar-refractivity contribution in [1.82, 2.24) is 4.98 Å². The minimum Gasteiger partial charge on any atom is -0.468 e. The number of halogens is 1. The van der Waals surface area contributed by atoms with Gasteiger partial charge in [0.05, 0.1) is 12.8 Å². The van der Waals surface area contributed by atoms with Crippen LogP contribution in [-0.2, 0) is 19.7 Å². The van der Waals surface area contributed by atoms with Crippen LogP contribution >= 0.6 is 15.9 Å². The number of pyridine rings is 1. The van der Waals surface area contributed by atoms with Crippen molar-refractivity contribution in [1.29, 1.82) is 0 Å². The molecular formula is C12H14BrNO3. The van der Waals surface area contributed by atoms with E-state index in [0.717, 1.165) is 10.3 Å². The van der Waals surface area contributed by atoms with Crippen LogP contribution in [0.4, 0.5) is 0 Å². The molecule has 0 saturated carbocycles. The SMILES string of the molecule is COC(=O)C1(c2cccc(Br)n2)CCOCC1. The molecule has 92 valence electrons. The summed E-state index contributed by atoms with van der Waals surface area (Å²) in [5.74, 6) is -0.230. The van der Waals surface area contributed by atoms with E-state index in [1.807, 2.05) is 18.2 Å². The maximum absolute atomic E-state index is 12.1. The summed E-state index contributed by atoms with van der Waals surface area (Å²) in [6.07, 6.45) is 1.23. The summed E-state index contributed by atoms with van der Waals surface area (Å²) in [7, 11) is 1.41. The quantitative estimate of drug-likeness (QED) is 0.619. The van der Waals surface area contributed by atoms with Crippen molar-refractivity contribution in [3.8, 4) is 0 Å². The van der Waals surface area contributed by atoms with Crippen molar-refractivity contribution >= 4 is 21.9 Å². The molecule has 1 fully saturated rings. The summed E-state index contributed by atoms with van der Waals surface area (Å²) in [4.78, 5) is 16.5. The zero-order valence-electron chi connectivity index (χ0n) is 9.61. The van der Waals surface area contributed by atoms with E-state index >= 15 is 0 Å². The average molecular weight is 300 g/mol. The number of esters is 1. The topological polar surface area (TPSA) is 48.4 Å². The van der Waals surface area contributed by atoms with Gasteiger partial charge in [-0.25, -0.2) is 4.98 Å². The predicted octanol–water partition coefficient (Wildman–Crippen LogP) is 2.07. The van der Waals surface area contributed by atoms with Crippen molar-refractivity contribution in [2.24, 2.45) is 0 Å². The highest BCUT2D eigenvalue weighted by atomic mass is 79.9. The normalized spacial score (nSPS) is 18.7. The first-order valence-corrected chi connectivity index (χ1v) is 6.27. The van der Waals surface area contributed by atoms with E-state index < -0.39 is 5.41 Å². The molecule has 0 aliphatic carbocycles. The highest BCUT2D eigenvalue weighted by Gasteiger charge is 2.44. The molecule has 17 heavy (non-hydrogen) atoms. The molecule has 1 aromatic heterocycles. The Morgan fingerprint density at radius 1 is 1.47 bits per heavy atom. The zero-order valence-corrected chi connectivity index (χ0v) is 11.2. The number of rotatable bonds is 2. The van der Waals surface area contributed by atoms with Gasteiger partial charge in [-0.15, -0.1) is 0 Å². The second kappa shape index (κ2) is 5.14. The van der Waals surface area contributed by atoms with Crippen molar-refractivity contribution in [3.05, 3.63) is 28.5 Å². The summed E-state index contributed by atoms with van der Waals surface area (Å²) >= 11 is 3.33. The molecule has 0 unspecified atom stereocenters. The van der Waals surface area contributed by atoms with E-state index in [1.165, 1.54) is 7.11 Å². The first kappa shape index (κ1) is 12.5. The molecule has 4 nitrogen and oxygen atoms in total. The van der Waals surface area contributed by atoms with Crippen molar-refractivity contribution in [2.45, 2.75) is 18.3 Å². The molecule has 1 aliphatic rings. The lowest BCUT2D eigenvalue weighted by Crippen LogP contribution is -2.42. The van der Waals surface area contributed by atoms with Gasteiger partial charge in [0.15, 0.2) is 0 Å². The molecule has 0 radical (unpaired) electrons. The molecule has 1 aromatic rings. The molecular weight excluding hydrogens is 286 g/mol. The van der Waals surface area contributed by atoms with Crippen LogP contribution in [0.2, 0.25) is 0 Å². The van der Waals surface area contributed by atoms with Crippen LogP contribution in [0.15, 0.2) is 22.8 Å². The molecule has 1 aliphatic heterocycles. The fourth-order valence-corrected chi connectivity index (χ4v) is 2.50. The van der Waals surface area contributed by atoms with E-state index in [9.17, 15) is 4.79 Å². The third-order valence-corrected chi connectivity index (χ3v) is 3.57. The first-order valence-electron chi connectivity index (χ1n) is 5.48. The van der Waals surface area contributed by atoms with E-state index in [-0.39, 0.29) is 5.97 Å². The van der Waals surface area contributed by atoms with Crippen LogP contribution in [0.1, 0.15) is 18.5 Å². The highest BCUT2D eigenvalue weighted by molar-refractivity contribution is 9.10. The molecule has 2 heterocycles. The number of ether oxygens (including phenoxy) is 2. The number of carbonyl (C=O) groups is 1. The maximum atomic E-state index is 12.1. The van der Waals surface area contributed by atoms with E-state index in [2.05, 4.69) is 20.9 Å². The highest BCUT2D eigenvalue weighted by Crippen LogP contribution is 2.35. The van der Waals surface area contributed by atoms with Crippen LogP contribution < -0.4 is 0 Å². The lowest BCUT2D eigenvalue weighted by molar-refractivity contribution is -0.151. The molecule has 1 saturated heterocycles. The monoisotopic (exact) mass is 299 g/mol.